The Labute approximate surface area is 177 Å². The topological polar surface area (TPSA) is 68.7 Å². The molecule has 10 heteroatoms. The highest BCUT2D eigenvalue weighted by molar-refractivity contribution is 5.92. The first-order valence-electron chi connectivity index (χ1n) is 10.7. The molecule has 168 valence electrons. The van der Waals surface area contributed by atoms with Crippen molar-refractivity contribution in [3.8, 4) is 11.5 Å². The number of alkyl halides is 3. The van der Waals surface area contributed by atoms with Gasteiger partial charge in [0.15, 0.2) is 11.5 Å². The molecule has 1 aromatic carbocycles. The molecule has 7 nitrogen and oxygen atoms in total. The van der Waals surface area contributed by atoms with Gasteiger partial charge < -0.3 is 19.5 Å². The molecule has 2 aromatic rings. The number of anilines is 1. The van der Waals surface area contributed by atoms with E-state index in [-0.39, 0.29) is 23.7 Å². The van der Waals surface area contributed by atoms with Gasteiger partial charge in [0.25, 0.3) is 0 Å². The van der Waals surface area contributed by atoms with E-state index in [0.29, 0.717) is 36.6 Å². The molecule has 1 N–H and O–H groups in total. The third kappa shape index (κ3) is 3.98. The molecule has 2 aliphatic heterocycles. The molecular formula is C21H25F3N4O3. The van der Waals surface area contributed by atoms with Gasteiger partial charge in [0.05, 0.1) is 18.7 Å². The number of morpholine rings is 1. The summed E-state index contributed by atoms with van der Waals surface area (Å²) in [4.78, 5) is 10.1. The van der Waals surface area contributed by atoms with Gasteiger partial charge >= 0.3 is 6.18 Å². The summed E-state index contributed by atoms with van der Waals surface area (Å²) >= 11 is 0. The van der Waals surface area contributed by atoms with E-state index in [2.05, 4.69) is 20.2 Å². The minimum atomic E-state index is -4.65. The first kappa shape index (κ1) is 20.6. The van der Waals surface area contributed by atoms with Gasteiger partial charge in [-0.2, -0.15) is 13.2 Å². The Morgan fingerprint density at radius 2 is 1.71 bits per heavy atom. The molecule has 2 fully saturated rings. The van der Waals surface area contributed by atoms with Crippen LogP contribution in [0.3, 0.4) is 0 Å². The number of hydrogen-bond acceptors (Lipinski definition) is 7. The van der Waals surface area contributed by atoms with Gasteiger partial charge in [-0.25, -0.2) is 9.97 Å². The molecule has 5 rings (SSSR count). The number of rotatable bonds is 4. The minimum absolute atomic E-state index is 0.0358. The molecule has 0 amide bonds. The van der Waals surface area contributed by atoms with Crippen molar-refractivity contribution >= 4 is 16.7 Å². The van der Waals surface area contributed by atoms with Crippen molar-refractivity contribution in [2.24, 2.45) is 0 Å². The molecule has 3 heterocycles. The molecule has 1 saturated carbocycles. The lowest BCUT2D eigenvalue weighted by molar-refractivity contribution is -0.144. The van der Waals surface area contributed by atoms with Crippen LogP contribution in [0.5, 0.6) is 11.5 Å². The van der Waals surface area contributed by atoms with E-state index in [9.17, 15) is 13.2 Å². The molecule has 1 aromatic heterocycles. The summed E-state index contributed by atoms with van der Waals surface area (Å²) < 4.78 is 56.8. The van der Waals surface area contributed by atoms with Crippen LogP contribution in [0.1, 0.15) is 37.9 Å². The molecule has 0 unspecified atom stereocenters. The molecule has 0 atom stereocenters. The van der Waals surface area contributed by atoms with E-state index in [1.807, 2.05) is 0 Å². The van der Waals surface area contributed by atoms with Crippen LogP contribution in [0.2, 0.25) is 0 Å². The van der Waals surface area contributed by atoms with Crippen LogP contribution in [0.4, 0.5) is 19.0 Å². The van der Waals surface area contributed by atoms with E-state index < -0.39 is 12.0 Å². The summed E-state index contributed by atoms with van der Waals surface area (Å²) in [6, 6.07) is 3.14. The van der Waals surface area contributed by atoms with Gasteiger partial charge in [-0.05, 0) is 18.9 Å². The Morgan fingerprint density at radius 1 is 1.00 bits per heavy atom. The fourth-order valence-electron chi connectivity index (χ4n) is 4.88. The lowest BCUT2D eigenvalue weighted by Crippen LogP contribution is -2.58. The van der Waals surface area contributed by atoms with Crippen molar-refractivity contribution in [1.82, 2.24) is 14.9 Å². The van der Waals surface area contributed by atoms with Crippen molar-refractivity contribution in [3.05, 3.63) is 18.0 Å². The zero-order valence-corrected chi connectivity index (χ0v) is 17.1. The van der Waals surface area contributed by atoms with Crippen molar-refractivity contribution in [2.45, 2.75) is 43.8 Å². The SMILES string of the molecule is FC(F)(F)c1nc(NCC2(N3CCOCC3)CCCCC2)c2cc3c(cc2n1)OCO3. The van der Waals surface area contributed by atoms with E-state index in [0.717, 1.165) is 38.8 Å². The van der Waals surface area contributed by atoms with Crippen LogP contribution >= 0.6 is 0 Å². The van der Waals surface area contributed by atoms with Gasteiger partial charge in [-0.3, -0.25) is 4.90 Å². The number of fused-ring (bicyclic) bond motifs is 2. The molecule has 0 bridgehead atoms. The standard InChI is InChI=1S/C21H25F3N4O3/c22-21(23,24)19-26-15-11-17-16(30-13-31-17)10-14(15)18(27-19)25-12-20(4-2-1-3-5-20)28-6-8-29-9-7-28/h10-11H,1-9,12-13H2,(H,25,26,27). The third-order valence-electron chi connectivity index (χ3n) is 6.49. The highest BCUT2D eigenvalue weighted by atomic mass is 19.4. The van der Waals surface area contributed by atoms with Crippen LogP contribution < -0.4 is 14.8 Å². The largest absolute Gasteiger partial charge is 0.454 e. The molecular weight excluding hydrogens is 413 g/mol. The maximum absolute atomic E-state index is 13.5. The summed E-state index contributed by atoms with van der Waals surface area (Å²) in [5.74, 6) is -0.110. The van der Waals surface area contributed by atoms with E-state index in [4.69, 9.17) is 14.2 Å². The number of nitrogens with zero attached hydrogens (tertiary/aromatic N) is 3. The normalized spacial score (nSPS) is 21.4. The van der Waals surface area contributed by atoms with Crippen molar-refractivity contribution in [2.75, 3.05) is 45.0 Å². The van der Waals surface area contributed by atoms with Crippen molar-refractivity contribution in [1.29, 1.82) is 0 Å². The van der Waals surface area contributed by atoms with Gasteiger partial charge in [-0.15, -0.1) is 0 Å². The first-order chi connectivity index (χ1) is 14.9. The summed E-state index contributed by atoms with van der Waals surface area (Å²) in [6.07, 6.45) is 0.757. The second kappa shape index (κ2) is 7.98. The minimum Gasteiger partial charge on any atom is -0.454 e. The summed E-state index contributed by atoms with van der Waals surface area (Å²) in [7, 11) is 0. The van der Waals surface area contributed by atoms with Gasteiger partial charge in [0, 0.05) is 36.6 Å². The number of aromatic nitrogens is 2. The van der Waals surface area contributed by atoms with E-state index in [1.54, 1.807) is 6.07 Å². The fourth-order valence-corrected chi connectivity index (χ4v) is 4.88. The van der Waals surface area contributed by atoms with E-state index in [1.165, 1.54) is 12.5 Å². The maximum Gasteiger partial charge on any atom is 0.451 e. The lowest BCUT2D eigenvalue weighted by atomic mass is 9.79. The highest BCUT2D eigenvalue weighted by Gasteiger charge is 2.40. The first-order valence-corrected chi connectivity index (χ1v) is 10.7. The average Bonchev–Trinajstić information content (AvgIpc) is 3.24. The zero-order chi connectivity index (χ0) is 21.5. The predicted molar refractivity (Wildman–Crippen MR) is 107 cm³/mol. The summed E-state index contributed by atoms with van der Waals surface area (Å²) in [5, 5.41) is 3.76. The monoisotopic (exact) mass is 438 g/mol. The molecule has 1 saturated heterocycles. The number of halogens is 3. The smallest absolute Gasteiger partial charge is 0.451 e. The van der Waals surface area contributed by atoms with Gasteiger partial charge in [0.1, 0.15) is 5.82 Å². The summed E-state index contributed by atoms with van der Waals surface area (Å²) in [6.45, 7) is 3.58. The van der Waals surface area contributed by atoms with Crippen molar-refractivity contribution < 1.29 is 27.4 Å². The Balaban J connectivity index is 1.50. The maximum atomic E-state index is 13.5. The molecule has 0 spiro atoms. The number of benzene rings is 1. The van der Waals surface area contributed by atoms with Crippen LogP contribution in [-0.4, -0.2) is 60.0 Å². The van der Waals surface area contributed by atoms with Crippen LogP contribution in [0.15, 0.2) is 12.1 Å². The molecule has 0 radical (unpaired) electrons. The third-order valence-corrected chi connectivity index (χ3v) is 6.49. The fraction of sp³-hybridized carbons (Fsp3) is 0.619. The van der Waals surface area contributed by atoms with E-state index >= 15 is 0 Å². The Kier molecular flexibility index (Phi) is 5.29. The van der Waals surface area contributed by atoms with Crippen LogP contribution in [0, 0.1) is 0 Å². The van der Waals surface area contributed by atoms with Crippen LogP contribution in [0.25, 0.3) is 10.9 Å². The highest BCUT2D eigenvalue weighted by Crippen LogP contribution is 2.40. The molecule has 3 aliphatic rings. The Bertz CT molecular complexity index is 957. The van der Waals surface area contributed by atoms with Crippen molar-refractivity contribution in [3.63, 3.8) is 0 Å². The Hall–Kier alpha value is -2.33. The second-order valence-corrected chi connectivity index (χ2v) is 8.35. The number of ether oxygens (including phenoxy) is 3. The number of hydrogen-bond donors (Lipinski definition) is 1. The van der Waals surface area contributed by atoms with Crippen LogP contribution in [-0.2, 0) is 10.9 Å². The van der Waals surface area contributed by atoms with Gasteiger partial charge in [0.2, 0.25) is 12.6 Å². The molecule has 1 aliphatic carbocycles. The second-order valence-electron chi connectivity index (χ2n) is 8.35. The predicted octanol–water partition coefficient (Wildman–Crippen LogP) is 3.82. The zero-order valence-electron chi connectivity index (χ0n) is 17.1. The van der Waals surface area contributed by atoms with Gasteiger partial charge in [-0.1, -0.05) is 19.3 Å². The average molecular weight is 438 g/mol. The number of nitrogens with one attached hydrogen (secondary N) is 1. The Morgan fingerprint density at radius 3 is 2.42 bits per heavy atom. The summed E-state index contributed by atoms with van der Waals surface area (Å²) in [5.41, 5.74) is 0.0618. The molecule has 31 heavy (non-hydrogen) atoms. The lowest BCUT2D eigenvalue weighted by Gasteiger charge is -2.48. The quantitative estimate of drug-likeness (QED) is 0.778.